The molecule has 8 heteroatoms. The van der Waals surface area contributed by atoms with Crippen molar-refractivity contribution in [2.75, 3.05) is 12.9 Å². The van der Waals surface area contributed by atoms with Crippen molar-refractivity contribution in [1.29, 1.82) is 0 Å². The van der Waals surface area contributed by atoms with Gasteiger partial charge < -0.3 is 10.1 Å². The molecule has 6 nitrogen and oxygen atoms in total. The van der Waals surface area contributed by atoms with Crippen LogP contribution in [-0.2, 0) is 9.53 Å². The standard InChI is InChI=1S/C9H9N3O3S2/c1-4-6(7(14)15-2)17-9(10-4)12-8-11-5(13)3-16-8/h3H2,1-2H3,(H,10,11,12,13). The lowest BCUT2D eigenvalue weighted by atomic mass is 10.4. The Balaban J connectivity index is 2.23. The molecule has 0 aliphatic carbocycles. The minimum atomic E-state index is -0.422. The normalized spacial score (nSPS) is 17.3. The Hall–Kier alpha value is -1.41. The maximum Gasteiger partial charge on any atom is 0.350 e. The molecule has 0 spiro atoms. The molecular weight excluding hydrogens is 262 g/mol. The molecule has 1 amide bonds. The number of ether oxygens (including phenoxy) is 1. The van der Waals surface area contributed by atoms with Crippen molar-refractivity contribution >= 4 is 45.3 Å². The van der Waals surface area contributed by atoms with E-state index in [-0.39, 0.29) is 5.91 Å². The van der Waals surface area contributed by atoms with Crippen LogP contribution < -0.4 is 5.32 Å². The number of hydrogen-bond donors (Lipinski definition) is 1. The number of aliphatic imine (C=N–C) groups is 1. The average molecular weight is 271 g/mol. The second-order valence-electron chi connectivity index (χ2n) is 3.16. The Morgan fingerprint density at radius 2 is 2.35 bits per heavy atom. The predicted molar refractivity (Wildman–Crippen MR) is 65.9 cm³/mol. The van der Waals surface area contributed by atoms with Gasteiger partial charge in [0.05, 0.1) is 18.6 Å². The monoisotopic (exact) mass is 271 g/mol. The molecule has 2 heterocycles. The molecule has 1 aliphatic rings. The van der Waals surface area contributed by atoms with Gasteiger partial charge in [0, 0.05) is 0 Å². The first kappa shape index (κ1) is 12.1. The number of rotatable bonds is 2. The summed E-state index contributed by atoms with van der Waals surface area (Å²) in [6.45, 7) is 1.72. The first-order chi connectivity index (χ1) is 8.10. The highest BCUT2D eigenvalue weighted by Crippen LogP contribution is 2.27. The summed E-state index contributed by atoms with van der Waals surface area (Å²) in [6, 6.07) is 0. The van der Waals surface area contributed by atoms with Gasteiger partial charge in [-0.2, -0.15) is 4.99 Å². The Labute approximate surface area is 105 Å². The van der Waals surface area contributed by atoms with Crippen molar-refractivity contribution < 1.29 is 14.3 Å². The van der Waals surface area contributed by atoms with Gasteiger partial charge in [0.15, 0.2) is 5.17 Å². The van der Waals surface area contributed by atoms with E-state index in [1.807, 2.05) is 0 Å². The molecule has 17 heavy (non-hydrogen) atoms. The van der Waals surface area contributed by atoms with Crippen LogP contribution in [0.2, 0.25) is 0 Å². The van der Waals surface area contributed by atoms with Crippen LogP contribution in [0.1, 0.15) is 15.4 Å². The Kier molecular flexibility index (Phi) is 3.43. The fraction of sp³-hybridized carbons (Fsp3) is 0.333. The van der Waals surface area contributed by atoms with Crippen molar-refractivity contribution in [1.82, 2.24) is 10.3 Å². The number of nitrogens with one attached hydrogen (secondary N) is 1. The zero-order valence-electron chi connectivity index (χ0n) is 9.14. The van der Waals surface area contributed by atoms with Crippen LogP contribution >= 0.6 is 23.1 Å². The zero-order chi connectivity index (χ0) is 12.4. The smallest absolute Gasteiger partial charge is 0.350 e. The van der Waals surface area contributed by atoms with Gasteiger partial charge in [-0.05, 0) is 6.92 Å². The third kappa shape index (κ3) is 2.64. The molecule has 2 rings (SSSR count). The van der Waals surface area contributed by atoms with E-state index in [0.29, 0.717) is 26.6 Å². The summed E-state index contributed by atoms with van der Waals surface area (Å²) >= 11 is 2.46. The van der Waals surface area contributed by atoms with Gasteiger partial charge >= 0.3 is 5.97 Å². The molecule has 0 unspecified atom stereocenters. The van der Waals surface area contributed by atoms with E-state index in [1.165, 1.54) is 18.9 Å². The lowest BCUT2D eigenvalue weighted by Gasteiger charge is -1.93. The maximum absolute atomic E-state index is 11.4. The van der Waals surface area contributed by atoms with E-state index in [2.05, 4.69) is 20.0 Å². The fourth-order valence-corrected chi connectivity index (χ4v) is 2.78. The van der Waals surface area contributed by atoms with E-state index in [4.69, 9.17) is 0 Å². The Bertz CT molecular complexity index is 510. The number of thiazole rings is 1. The second kappa shape index (κ2) is 4.84. The van der Waals surface area contributed by atoms with Crippen molar-refractivity contribution in [3.05, 3.63) is 10.6 Å². The molecule has 0 radical (unpaired) electrons. The number of esters is 1. The van der Waals surface area contributed by atoms with Gasteiger partial charge in [0.2, 0.25) is 11.0 Å². The molecule has 0 bridgehead atoms. The predicted octanol–water partition coefficient (Wildman–Crippen LogP) is 1.09. The number of nitrogens with zero attached hydrogens (tertiary/aromatic N) is 2. The lowest BCUT2D eigenvalue weighted by Crippen LogP contribution is -2.19. The second-order valence-corrected chi connectivity index (χ2v) is 5.10. The first-order valence-electron chi connectivity index (χ1n) is 4.67. The largest absolute Gasteiger partial charge is 0.465 e. The van der Waals surface area contributed by atoms with Gasteiger partial charge in [0.25, 0.3) is 0 Å². The molecule has 1 aromatic rings. The van der Waals surface area contributed by atoms with E-state index in [9.17, 15) is 9.59 Å². The van der Waals surface area contributed by atoms with E-state index in [1.54, 1.807) is 6.92 Å². The van der Waals surface area contributed by atoms with Crippen molar-refractivity contribution in [3.63, 3.8) is 0 Å². The van der Waals surface area contributed by atoms with Gasteiger partial charge in [-0.1, -0.05) is 23.1 Å². The van der Waals surface area contributed by atoms with Crippen LogP contribution in [0.3, 0.4) is 0 Å². The summed E-state index contributed by atoms with van der Waals surface area (Å²) in [5, 5.41) is 3.55. The summed E-state index contributed by atoms with van der Waals surface area (Å²) in [4.78, 5) is 31.0. The molecule has 1 aromatic heterocycles. The summed E-state index contributed by atoms with van der Waals surface area (Å²) in [5.41, 5.74) is 0.579. The molecule has 0 aromatic carbocycles. The number of thioether (sulfide) groups is 1. The Morgan fingerprint density at radius 3 is 2.94 bits per heavy atom. The quantitative estimate of drug-likeness (QED) is 0.814. The summed E-state index contributed by atoms with van der Waals surface area (Å²) in [6.07, 6.45) is 0. The molecule has 1 N–H and O–H groups in total. The number of aryl methyl sites for hydroxylation is 1. The number of amides is 1. The minimum absolute atomic E-state index is 0.0739. The van der Waals surface area contributed by atoms with Crippen LogP contribution in [0, 0.1) is 6.92 Å². The van der Waals surface area contributed by atoms with E-state index >= 15 is 0 Å². The van der Waals surface area contributed by atoms with Crippen LogP contribution in [0.25, 0.3) is 0 Å². The van der Waals surface area contributed by atoms with E-state index in [0.717, 1.165) is 11.3 Å². The van der Waals surface area contributed by atoms with Crippen molar-refractivity contribution in [3.8, 4) is 0 Å². The summed E-state index contributed by atoms with van der Waals surface area (Å²) < 4.78 is 4.63. The highest BCUT2D eigenvalue weighted by atomic mass is 32.2. The van der Waals surface area contributed by atoms with Crippen molar-refractivity contribution in [2.45, 2.75) is 6.92 Å². The fourth-order valence-electron chi connectivity index (χ4n) is 1.18. The average Bonchev–Trinajstić information content (AvgIpc) is 2.85. The van der Waals surface area contributed by atoms with Gasteiger partial charge in [-0.15, -0.1) is 0 Å². The number of methoxy groups -OCH3 is 1. The number of carbonyl (C=O) groups excluding carboxylic acids is 2. The molecule has 1 saturated heterocycles. The van der Waals surface area contributed by atoms with Gasteiger partial charge in [0.1, 0.15) is 4.88 Å². The molecule has 1 aliphatic heterocycles. The van der Waals surface area contributed by atoms with Crippen LogP contribution in [0.5, 0.6) is 0 Å². The molecule has 0 saturated carbocycles. The minimum Gasteiger partial charge on any atom is -0.465 e. The molecule has 90 valence electrons. The summed E-state index contributed by atoms with van der Waals surface area (Å²) in [5.74, 6) is -0.127. The first-order valence-corrected chi connectivity index (χ1v) is 6.47. The number of carbonyl (C=O) groups is 2. The highest BCUT2D eigenvalue weighted by molar-refractivity contribution is 8.15. The number of aromatic nitrogens is 1. The highest BCUT2D eigenvalue weighted by Gasteiger charge is 2.19. The van der Waals surface area contributed by atoms with Crippen LogP contribution in [0.4, 0.5) is 5.13 Å². The number of amidine groups is 1. The third-order valence-corrected chi connectivity index (χ3v) is 3.84. The third-order valence-electron chi connectivity index (χ3n) is 1.94. The zero-order valence-corrected chi connectivity index (χ0v) is 10.8. The Morgan fingerprint density at radius 1 is 1.59 bits per heavy atom. The van der Waals surface area contributed by atoms with E-state index < -0.39 is 5.97 Å². The molecular formula is C9H9N3O3S2. The maximum atomic E-state index is 11.4. The topological polar surface area (TPSA) is 80.6 Å². The molecule has 1 fully saturated rings. The van der Waals surface area contributed by atoms with Crippen molar-refractivity contribution in [2.24, 2.45) is 4.99 Å². The summed E-state index contributed by atoms with van der Waals surface area (Å²) in [7, 11) is 1.32. The number of hydrogen-bond acceptors (Lipinski definition) is 7. The lowest BCUT2D eigenvalue weighted by molar-refractivity contribution is -0.116. The molecule has 0 atom stereocenters. The van der Waals surface area contributed by atoms with Gasteiger partial charge in [-0.25, -0.2) is 9.78 Å². The van der Waals surface area contributed by atoms with Crippen LogP contribution in [0.15, 0.2) is 4.99 Å². The van der Waals surface area contributed by atoms with Crippen LogP contribution in [-0.4, -0.2) is 34.9 Å². The van der Waals surface area contributed by atoms with Gasteiger partial charge in [-0.3, -0.25) is 4.79 Å². The SMILES string of the molecule is COC(=O)c1sc(/N=C2\NC(=O)CS2)nc1C.